The number of allylic oxidation sites excluding steroid dienone is 1. The minimum absolute atomic E-state index is 0.141. The molecule has 6 heteroatoms. The van der Waals surface area contributed by atoms with Gasteiger partial charge in [-0.15, -0.1) is 0 Å². The van der Waals surface area contributed by atoms with Gasteiger partial charge in [-0.2, -0.15) is 13.2 Å². The van der Waals surface area contributed by atoms with Crippen LogP contribution in [0.25, 0.3) is 0 Å². The summed E-state index contributed by atoms with van der Waals surface area (Å²) in [4.78, 5) is 15.6. The lowest BCUT2D eigenvalue weighted by Crippen LogP contribution is -2.41. The quantitative estimate of drug-likeness (QED) is 0.760. The fourth-order valence-corrected chi connectivity index (χ4v) is 2.03. The van der Waals surface area contributed by atoms with Crippen molar-refractivity contribution in [3.8, 4) is 0 Å². The normalized spacial score (nSPS) is 25.7. The summed E-state index contributed by atoms with van der Waals surface area (Å²) in [5.74, 6) is -3.31. The van der Waals surface area contributed by atoms with E-state index in [2.05, 4.69) is 10.3 Å². The first-order chi connectivity index (χ1) is 7.70. The Labute approximate surface area is 97.8 Å². The summed E-state index contributed by atoms with van der Waals surface area (Å²) in [5.41, 5.74) is 0.262. The van der Waals surface area contributed by atoms with E-state index in [1.54, 1.807) is 6.92 Å². The maximum absolute atomic E-state index is 13.0. The summed E-state index contributed by atoms with van der Waals surface area (Å²) in [6.45, 7) is 4.42. The second kappa shape index (κ2) is 4.50. The average molecular weight is 248 g/mol. The summed E-state index contributed by atoms with van der Waals surface area (Å²) in [7, 11) is 1.31. The summed E-state index contributed by atoms with van der Waals surface area (Å²) in [6, 6.07) is 0. The molecule has 0 bridgehead atoms. The molecule has 0 radical (unpaired) electrons. The van der Waals surface area contributed by atoms with Gasteiger partial charge in [-0.25, -0.2) is 0 Å². The molecule has 1 rings (SSSR count). The van der Waals surface area contributed by atoms with Crippen molar-refractivity contribution < 1.29 is 18.0 Å². The van der Waals surface area contributed by atoms with Gasteiger partial charge >= 0.3 is 6.18 Å². The number of hydrogen-bond acceptors (Lipinski definition) is 2. The minimum Gasteiger partial charge on any atom is -0.355 e. The molecule has 0 aromatic rings. The van der Waals surface area contributed by atoms with Crippen LogP contribution in [0.4, 0.5) is 13.2 Å². The number of aliphatic imine (C=N–C) groups is 1. The lowest BCUT2D eigenvalue weighted by atomic mass is 9.80. The van der Waals surface area contributed by atoms with E-state index in [-0.39, 0.29) is 11.3 Å². The predicted octanol–water partition coefficient (Wildman–Crippen LogP) is 2.30. The molecular weight excluding hydrogens is 233 g/mol. The number of nitrogens with one attached hydrogen (secondary N) is 1. The van der Waals surface area contributed by atoms with Crippen LogP contribution in [-0.4, -0.2) is 24.8 Å². The molecule has 0 saturated heterocycles. The van der Waals surface area contributed by atoms with Crippen LogP contribution in [0.15, 0.2) is 16.3 Å². The number of carbonyl (C=O) groups is 1. The van der Waals surface area contributed by atoms with Gasteiger partial charge < -0.3 is 5.32 Å². The molecule has 1 aliphatic heterocycles. The number of amides is 1. The standard InChI is InChI=1S/C11H15F3N2O/c1-5-6(2)16-7(3)8(10(17)15-4)9(5)11(12,13)14/h5,9H,1-4H3,(H,15,17). The smallest absolute Gasteiger partial charge is 0.355 e. The highest BCUT2D eigenvalue weighted by Gasteiger charge is 2.50. The molecule has 1 amide bonds. The van der Waals surface area contributed by atoms with Crippen LogP contribution in [0.5, 0.6) is 0 Å². The average Bonchev–Trinajstić information content (AvgIpc) is 2.20. The summed E-state index contributed by atoms with van der Waals surface area (Å²) >= 11 is 0. The van der Waals surface area contributed by atoms with Crippen molar-refractivity contribution in [2.24, 2.45) is 16.8 Å². The zero-order valence-corrected chi connectivity index (χ0v) is 10.1. The summed E-state index contributed by atoms with van der Waals surface area (Å²) < 4.78 is 39.0. The SMILES string of the molecule is CNC(=O)C1=C(C)N=C(C)C(C)C1C(F)(F)F. The van der Waals surface area contributed by atoms with Gasteiger partial charge in [-0.05, 0) is 13.8 Å². The first-order valence-electron chi connectivity index (χ1n) is 5.24. The van der Waals surface area contributed by atoms with Gasteiger partial charge in [0.2, 0.25) is 5.91 Å². The number of nitrogens with zero attached hydrogens (tertiary/aromatic N) is 1. The molecular formula is C11H15F3N2O. The molecule has 1 heterocycles. The molecule has 0 aromatic heterocycles. The number of halogens is 3. The van der Waals surface area contributed by atoms with Gasteiger partial charge in [0.15, 0.2) is 0 Å². The predicted molar refractivity (Wildman–Crippen MR) is 58.6 cm³/mol. The second-order valence-corrected chi connectivity index (χ2v) is 4.14. The molecule has 2 unspecified atom stereocenters. The molecule has 0 saturated carbocycles. The van der Waals surface area contributed by atoms with Crippen molar-refractivity contribution in [3.63, 3.8) is 0 Å². The van der Waals surface area contributed by atoms with Gasteiger partial charge in [0.1, 0.15) is 0 Å². The molecule has 1 aliphatic rings. The molecule has 0 spiro atoms. The molecule has 17 heavy (non-hydrogen) atoms. The van der Waals surface area contributed by atoms with E-state index in [4.69, 9.17) is 0 Å². The molecule has 0 aliphatic carbocycles. The Morgan fingerprint density at radius 2 is 1.88 bits per heavy atom. The summed E-state index contributed by atoms with van der Waals surface area (Å²) in [6.07, 6.45) is -4.44. The first-order valence-corrected chi connectivity index (χ1v) is 5.24. The van der Waals surface area contributed by atoms with Crippen molar-refractivity contribution >= 4 is 11.6 Å². The lowest BCUT2D eigenvalue weighted by Gasteiger charge is -2.31. The van der Waals surface area contributed by atoms with Gasteiger partial charge in [-0.1, -0.05) is 6.92 Å². The topological polar surface area (TPSA) is 41.5 Å². The lowest BCUT2D eigenvalue weighted by molar-refractivity contribution is -0.173. The van der Waals surface area contributed by atoms with Crippen LogP contribution < -0.4 is 5.32 Å². The van der Waals surface area contributed by atoms with Gasteiger partial charge in [0.25, 0.3) is 0 Å². The van der Waals surface area contributed by atoms with Gasteiger partial charge in [-0.3, -0.25) is 9.79 Å². The van der Waals surface area contributed by atoms with Crippen LogP contribution in [0, 0.1) is 11.8 Å². The van der Waals surface area contributed by atoms with E-state index < -0.39 is 23.9 Å². The van der Waals surface area contributed by atoms with Crippen molar-refractivity contribution in [1.29, 1.82) is 0 Å². The van der Waals surface area contributed by atoms with Crippen LogP contribution in [0.1, 0.15) is 20.8 Å². The Bertz CT molecular complexity index is 396. The fourth-order valence-electron chi connectivity index (χ4n) is 2.03. The van der Waals surface area contributed by atoms with Crippen LogP contribution >= 0.6 is 0 Å². The van der Waals surface area contributed by atoms with Gasteiger partial charge in [0, 0.05) is 24.4 Å². The van der Waals surface area contributed by atoms with Crippen molar-refractivity contribution in [2.75, 3.05) is 7.05 Å². The van der Waals surface area contributed by atoms with Crippen molar-refractivity contribution in [2.45, 2.75) is 26.9 Å². The van der Waals surface area contributed by atoms with Crippen LogP contribution in [0.2, 0.25) is 0 Å². The Kier molecular flexibility index (Phi) is 3.64. The first kappa shape index (κ1) is 13.7. The second-order valence-electron chi connectivity index (χ2n) is 4.14. The van der Waals surface area contributed by atoms with E-state index in [9.17, 15) is 18.0 Å². The molecule has 1 N–H and O–H groups in total. The third-order valence-corrected chi connectivity index (χ3v) is 3.03. The highest BCUT2D eigenvalue weighted by atomic mass is 19.4. The number of rotatable bonds is 1. The number of hydrogen-bond donors (Lipinski definition) is 1. The largest absolute Gasteiger partial charge is 0.396 e. The molecule has 2 atom stereocenters. The summed E-state index contributed by atoms with van der Waals surface area (Å²) in [5, 5.41) is 2.24. The Hall–Kier alpha value is -1.33. The van der Waals surface area contributed by atoms with E-state index in [1.807, 2.05) is 0 Å². The van der Waals surface area contributed by atoms with Crippen molar-refractivity contribution in [1.82, 2.24) is 5.32 Å². The monoisotopic (exact) mass is 248 g/mol. The van der Waals surface area contributed by atoms with Crippen LogP contribution in [0.3, 0.4) is 0 Å². The van der Waals surface area contributed by atoms with E-state index in [0.29, 0.717) is 5.71 Å². The molecule has 0 fully saturated rings. The Morgan fingerprint density at radius 3 is 2.29 bits per heavy atom. The van der Waals surface area contributed by atoms with Gasteiger partial charge in [0.05, 0.1) is 11.5 Å². The number of alkyl halides is 3. The Morgan fingerprint density at radius 1 is 1.35 bits per heavy atom. The number of carbonyl (C=O) groups excluding carboxylic acids is 1. The third-order valence-electron chi connectivity index (χ3n) is 3.03. The zero-order valence-electron chi connectivity index (χ0n) is 10.1. The minimum atomic E-state index is -4.44. The maximum Gasteiger partial charge on any atom is 0.396 e. The molecule has 3 nitrogen and oxygen atoms in total. The highest BCUT2D eigenvalue weighted by Crippen LogP contribution is 2.41. The maximum atomic E-state index is 13.0. The third kappa shape index (κ3) is 2.50. The zero-order chi connectivity index (χ0) is 13.4. The van der Waals surface area contributed by atoms with Crippen LogP contribution in [-0.2, 0) is 4.79 Å². The van der Waals surface area contributed by atoms with E-state index in [1.165, 1.54) is 20.9 Å². The van der Waals surface area contributed by atoms with E-state index in [0.717, 1.165) is 0 Å². The molecule has 96 valence electrons. The highest BCUT2D eigenvalue weighted by molar-refractivity contribution is 5.98. The number of likely N-dealkylation sites (N-methyl/N-ethyl adjacent to an activating group) is 1. The van der Waals surface area contributed by atoms with E-state index >= 15 is 0 Å². The fraction of sp³-hybridized carbons (Fsp3) is 0.636. The molecule has 0 aromatic carbocycles. The van der Waals surface area contributed by atoms with Crippen molar-refractivity contribution in [3.05, 3.63) is 11.3 Å². The Balaban J connectivity index is 3.34.